The Balaban J connectivity index is 2.19. The Morgan fingerprint density at radius 2 is 2.07 bits per heavy atom. The molecule has 0 saturated carbocycles. The number of hydrogen-bond donors (Lipinski definition) is 1. The molecule has 1 radical (unpaired) electrons. The largest absolute Gasteiger partial charge is 0.497 e. The van der Waals surface area contributed by atoms with Crippen LogP contribution in [0.1, 0.15) is 5.56 Å². The van der Waals surface area contributed by atoms with E-state index in [4.69, 9.17) is 4.74 Å². The van der Waals surface area contributed by atoms with Crippen LogP contribution in [0.25, 0.3) is 0 Å². The fraction of sp³-hybridized carbons (Fsp3) is 0.417. The molecule has 0 aromatic heterocycles. The Kier molecular flexibility index (Phi) is 3.11. The summed E-state index contributed by atoms with van der Waals surface area (Å²) in [7, 11) is 1.68. The summed E-state index contributed by atoms with van der Waals surface area (Å²) < 4.78 is 5.17. The van der Waals surface area contributed by atoms with Crippen LogP contribution in [0.15, 0.2) is 18.2 Å². The molecular formula is C12H17N2O. The van der Waals surface area contributed by atoms with Gasteiger partial charge in [-0.3, -0.25) is 0 Å². The number of nitrogens with zero attached hydrogens (tertiary/aromatic N) is 1. The molecule has 1 N–H and O–H groups in total. The summed E-state index contributed by atoms with van der Waals surface area (Å²) in [6, 6.07) is 6.07. The fourth-order valence-electron chi connectivity index (χ4n) is 1.90. The third-order valence-corrected chi connectivity index (χ3v) is 2.74. The first-order valence-corrected chi connectivity index (χ1v) is 5.27. The number of methoxy groups -OCH3 is 1. The Morgan fingerprint density at radius 1 is 1.33 bits per heavy atom. The molecule has 2 rings (SSSR count). The molecule has 0 spiro atoms. The average molecular weight is 205 g/mol. The lowest BCUT2D eigenvalue weighted by Gasteiger charge is -2.30. The molecular weight excluding hydrogens is 188 g/mol. The summed E-state index contributed by atoms with van der Waals surface area (Å²) in [5, 5.41) is 3.34. The molecule has 0 aliphatic carbocycles. The van der Waals surface area contributed by atoms with Crippen LogP contribution in [0.3, 0.4) is 0 Å². The van der Waals surface area contributed by atoms with Crippen LogP contribution >= 0.6 is 0 Å². The zero-order valence-electron chi connectivity index (χ0n) is 9.12. The fourth-order valence-corrected chi connectivity index (χ4v) is 1.90. The molecule has 1 aliphatic rings. The van der Waals surface area contributed by atoms with Crippen LogP contribution in [0.4, 0.5) is 5.69 Å². The summed E-state index contributed by atoms with van der Waals surface area (Å²) in [6.07, 6.45) is 0. The molecule has 15 heavy (non-hydrogen) atoms. The van der Waals surface area contributed by atoms with E-state index in [-0.39, 0.29) is 0 Å². The van der Waals surface area contributed by atoms with Gasteiger partial charge < -0.3 is 15.0 Å². The van der Waals surface area contributed by atoms with Gasteiger partial charge in [0.2, 0.25) is 0 Å². The van der Waals surface area contributed by atoms with Gasteiger partial charge in [0, 0.05) is 31.9 Å². The number of hydrogen-bond acceptors (Lipinski definition) is 3. The Labute approximate surface area is 91.0 Å². The molecule has 3 nitrogen and oxygen atoms in total. The lowest BCUT2D eigenvalue weighted by Crippen LogP contribution is -2.43. The van der Waals surface area contributed by atoms with Crippen LogP contribution in [-0.4, -0.2) is 33.3 Å². The summed E-state index contributed by atoms with van der Waals surface area (Å²) in [4.78, 5) is 2.36. The smallest absolute Gasteiger partial charge is 0.119 e. The van der Waals surface area contributed by atoms with E-state index in [1.54, 1.807) is 7.11 Å². The molecule has 81 valence electrons. The molecule has 0 amide bonds. The van der Waals surface area contributed by atoms with Crippen molar-refractivity contribution in [3.63, 3.8) is 0 Å². The van der Waals surface area contributed by atoms with Gasteiger partial charge in [-0.1, -0.05) is 0 Å². The third kappa shape index (κ3) is 2.23. The molecule has 0 unspecified atom stereocenters. The van der Waals surface area contributed by atoms with Crippen molar-refractivity contribution < 1.29 is 4.74 Å². The van der Waals surface area contributed by atoms with E-state index in [2.05, 4.69) is 23.2 Å². The minimum Gasteiger partial charge on any atom is -0.497 e. The highest BCUT2D eigenvalue weighted by Gasteiger charge is 2.12. The van der Waals surface area contributed by atoms with Crippen LogP contribution in [-0.2, 0) is 0 Å². The first-order chi connectivity index (χ1) is 7.31. The molecule has 0 atom stereocenters. The molecule has 1 heterocycles. The lowest BCUT2D eigenvalue weighted by atomic mass is 10.1. The van der Waals surface area contributed by atoms with Crippen molar-refractivity contribution in [3.05, 3.63) is 30.7 Å². The van der Waals surface area contributed by atoms with E-state index in [0.29, 0.717) is 0 Å². The first-order valence-electron chi connectivity index (χ1n) is 5.27. The van der Waals surface area contributed by atoms with Crippen LogP contribution in [0.5, 0.6) is 5.75 Å². The van der Waals surface area contributed by atoms with Gasteiger partial charge >= 0.3 is 0 Å². The minimum absolute atomic E-state index is 0.874. The van der Waals surface area contributed by atoms with Crippen LogP contribution in [0.2, 0.25) is 0 Å². The minimum atomic E-state index is 0.874. The predicted octanol–water partition coefficient (Wildman–Crippen LogP) is 1.29. The van der Waals surface area contributed by atoms with Gasteiger partial charge in [0.15, 0.2) is 0 Å². The van der Waals surface area contributed by atoms with Gasteiger partial charge in [0.1, 0.15) is 5.75 Å². The normalized spacial score (nSPS) is 16.5. The lowest BCUT2D eigenvalue weighted by molar-refractivity contribution is 0.414. The predicted molar refractivity (Wildman–Crippen MR) is 62.5 cm³/mol. The van der Waals surface area contributed by atoms with E-state index in [9.17, 15) is 0 Å². The van der Waals surface area contributed by atoms with E-state index < -0.39 is 0 Å². The van der Waals surface area contributed by atoms with Gasteiger partial charge in [-0.25, -0.2) is 0 Å². The molecule has 1 aromatic carbocycles. The number of anilines is 1. The maximum absolute atomic E-state index is 5.17. The van der Waals surface area contributed by atoms with Crippen molar-refractivity contribution >= 4 is 5.69 Å². The second kappa shape index (κ2) is 4.53. The number of nitrogens with one attached hydrogen (secondary N) is 1. The van der Waals surface area contributed by atoms with E-state index in [1.165, 1.54) is 5.69 Å². The molecule has 1 aromatic rings. The Bertz CT molecular complexity index is 332. The van der Waals surface area contributed by atoms with Gasteiger partial charge in [-0.2, -0.15) is 0 Å². The average Bonchev–Trinajstić information content (AvgIpc) is 2.30. The highest BCUT2D eigenvalue weighted by molar-refractivity contribution is 5.58. The Hall–Kier alpha value is -1.22. The molecule has 1 aliphatic heterocycles. The van der Waals surface area contributed by atoms with Gasteiger partial charge in [-0.05, 0) is 30.7 Å². The van der Waals surface area contributed by atoms with Gasteiger partial charge in [-0.15, -0.1) is 0 Å². The van der Waals surface area contributed by atoms with Crippen molar-refractivity contribution in [3.8, 4) is 5.75 Å². The summed E-state index contributed by atoms with van der Waals surface area (Å²) in [5.74, 6) is 0.874. The van der Waals surface area contributed by atoms with Crippen LogP contribution in [0, 0.1) is 6.92 Å². The topological polar surface area (TPSA) is 24.5 Å². The maximum atomic E-state index is 5.17. The highest BCUT2D eigenvalue weighted by Crippen LogP contribution is 2.24. The van der Waals surface area contributed by atoms with E-state index >= 15 is 0 Å². The van der Waals surface area contributed by atoms with Crippen molar-refractivity contribution in [2.45, 2.75) is 0 Å². The van der Waals surface area contributed by atoms with Gasteiger partial charge in [0.25, 0.3) is 0 Å². The van der Waals surface area contributed by atoms with Crippen molar-refractivity contribution in [2.24, 2.45) is 0 Å². The van der Waals surface area contributed by atoms with Gasteiger partial charge in [0.05, 0.1) is 7.11 Å². The Morgan fingerprint density at radius 3 is 2.67 bits per heavy atom. The highest BCUT2D eigenvalue weighted by atomic mass is 16.5. The number of rotatable bonds is 2. The zero-order chi connectivity index (χ0) is 10.7. The number of benzene rings is 1. The SMILES string of the molecule is [CH2]c1cc(OC)ccc1N1CCNCC1. The van der Waals surface area contributed by atoms with E-state index in [1.807, 2.05) is 12.1 Å². The van der Waals surface area contributed by atoms with E-state index in [0.717, 1.165) is 37.5 Å². The summed E-state index contributed by atoms with van der Waals surface area (Å²) in [5.41, 5.74) is 2.26. The second-order valence-electron chi connectivity index (χ2n) is 3.73. The maximum Gasteiger partial charge on any atom is 0.119 e. The molecule has 0 bridgehead atoms. The first kappa shape index (κ1) is 10.3. The van der Waals surface area contributed by atoms with Crippen molar-refractivity contribution in [1.29, 1.82) is 0 Å². The quantitative estimate of drug-likeness (QED) is 0.787. The summed E-state index contributed by atoms with van der Waals surface area (Å²) in [6.45, 7) is 8.26. The standard InChI is InChI=1S/C12H17N2O/c1-10-9-11(15-2)3-4-12(10)14-7-5-13-6-8-14/h3-4,9,13H,1,5-8H2,2H3. The number of ether oxygens (including phenoxy) is 1. The monoisotopic (exact) mass is 205 g/mol. The zero-order valence-corrected chi connectivity index (χ0v) is 9.12. The second-order valence-corrected chi connectivity index (χ2v) is 3.73. The molecule has 1 saturated heterocycles. The third-order valence-electron chi connectivity index (χ3n) is 2.74. The summed E-state index contributed by atoms with van der Waals surface area (Å²) >= 11 is 0. The molecule has 3 heteroatoms. The van der Waals surface area contributed by atoms with Crippen LogP contribution < -0.4 is 15.0 Å². The number of piperazine rings is 1. The van der Waals surface area contributed by atoms with Crippen molar-refractivity contribution in [2.75, 3.05) is 38.2 Å². The van der Waals surface area contributed by atoms with Crippen molar-refractivity contribution in [1.82, 2.24) is 5.32 Å². The molecule has 1 fully saturated rings.